The standard InChI is InChI=1S/C12H14F3N3/c1-16-11(12(13,14)15)7-9-8-5-3-4-6-10(8)18(2)17-9/h3-6,11,16H,7H2,1-2H3. The van der Waals surface area contributed by atoms with E-state index in [0.29, 0.717) is 5.69 Å². The Labute approximate surface area is 103 Å². The van der Waals surface area contributed by atoms with Gasteiger partial charge in [-0.1, -0.05) is 18.2 Å². The van der Waals surface area contributed by atoms with Crippen molar-refractivity contribution >= 4 is 10.9 Å². The number of hydrogen-bond acceptors (Lipinski definition) is 2. The molecule has 0 saturated heterocycles. The number of aromatic nitrogens is 2. The van der Waals surface area contributed by atoms with Crippen LogP contribution in [0.5, 0.6) is 0 Å². The first-order chi connectivity index (χ1) is 8.43. The molecule has 1 N–H and O–H groups in total. The molecule has 0 aliphatic carbocycles. The molecule has 98 valence electrons. The maximum atomic E-state index is 12.7. The molecule has 1 heterocycles. The van der Waals surface area contributed by atoms with Crippen LogP contribution in [0.3, 0.4) is 0 Å². The van der Waals surface area contributed by atoms with Gasteiger partial charge < -0.3 is 5.32 Å². The number of para-hydroxylation sites is 1. The highest BCUT2D eigenvalue weighted by Gasteiger charge is 2.39. The minimum absolute atomic E-state index is 0.165. The Morgan fingerprint density at radius 3 is 2.61 bits per heavy atom. The molecule has 1 aromatic carbocycles. The van der Waals surface area contributed by atoms with Crippen molar-refractivity contribution in [3.63, 3.8) is 0 Å². The van der Waals surface area contributed by atoms with Crippen LogP contribution in [0.4, 0.5) is 13.2 Å². The van der Waals surface area contributed by atoms with Gasteiger partial charge in [0.1, 0.15) is 6.04 Å². The molecule has 0 spiro atoms. The summed E-state index contributed by atoms with van der Waals surface area (Å²) in [5, 5.41) is 7.23. The number of nitrogens with zero attached hydrogens (tertiary/aromatic N) is 2. The molecule has 6 heteroatoms. The van der Waals surface area contributed by atoms with Gasteiger partial charge in [-0.05, 0) is 13.1 Å². The van der Waals surface area contributed by atoms with E-state index in [9.17, 15) is 13.2 Å². The first kappa shape index (κ1) is 12.9. The van der Waals surface area contributed by atoms with Gasteiger partial charge in [0.05, 0.1) is 11.2 Å². The van der Waals surface area contributed by atoms with E-state index in [0.717, 1.165) is 10.9 Å². The van der Waals surface area contributed by atoms with Crippen LogP contribution in [0.25, 0.3) is 10.9 Å². The van der Waals surface area contributed by atoms with Crippen LogP contribution in [-0.4, -0.2) is 29.0 Å². The Morgan fingerprint density at radius 2 is 2.00 bits per heavy atom. The first-order valence-corrected chi connectivity index (χ1v) is 5.58. The summed E-state index contributed by atoms with van der Waals surface area (Å²) in [5.74, 6) is 0. The first-order valence-electron chi connectivity index (χ1n) is 5.58. The highest BCUT2D eigenvalue weighted by Crippen LogP contribution is 2.25. The number of aryl methyl sites for hydroxylation is 1. The van der Waals surface area contributed by atoms with Crippen molar-refractivity contribution < 1.29 is 13.2 Å². The van der Waals surface area contributed by atoms with E-state index in [-0.39, 0.29) is 6.42 Å². The Bertz CT molecular complexity index is 545. The van der Waals surface area contributed by atoms with Gasteiger partial charge in [0.2, 0.25) is 0 Å². The number of hydrogen-bond donors (Lipinski definition) is 1. The second kappa shape index (κ2) is 4.61. The van der Waals surface area contributed by atoms with Crippen LogP contribution >= 0.6 is 0 Å². The Balaban J connectivity index is 2.37. The van der Waals surface area contributed by atoms with E-state index in [1.165, 1.54) is 7.05 Å². The molecule has 3 nitrogen and oxygen atoms in total. The van der Waals surface area contributed by atoms with Crippen molar-refractivity contribution in [2.24, 2.45) is 7.05 Å². The van der Waals surface area contributed by atoms with Crippen molar-refractivity contribution in [2.75, 3.05) is 7.05 Å². The van der Waals surface area contributed by atoms with Gasteiger partial charge in [0.25, 0.3) is 0 Å². The summed E-state index contributed by atoms with van der Waals surface area (Å²) in [6.45, 7) is 0. The zero-order valence-corrected chi connectivity index (χ0v) is 10.1. The molecular weight excluding hydrogens is 243 g/mol. The number of likely N-dealkylation sites (N-methyl/N-ethyl adjacent to an activating group) is 1. The minimum Gasteiger partial charge on any atom is -0.309 e. The monoisotopic (exact) mass is 257 g/mol. The molecule has 0 bridgehead atoms. The van der Waals surface area contributed by atoms with Crippen LogP contribution in [0, 0.1) is 0 Å². The zero-order chi connectivity index (χ0) is 13.3. The molecule has 1 aromatic heterocycles. The summed E-state index contributed by atoms with van der Waals surface area (Å²) in [7, 11) is 3.04. The highest BCUT2D eigenvalue weighted by atomic mass is 19.4. The number of rotatable bonds is 3. The van der Waals surface area contributed by atoms with E-state index in [4.69, 9.17) is 0 Å². The van der Waals surface area contributed by atoms with Crippen molar-refractivity contribution in [1.29, 1.82) is 0 Å². The number of fused-ring (bicyclic) bond motifs is 1. The summed E-state index contributed by atoms with van der Waals surface area (Å²) in [6.07, 6.45) is -4.44. The lowest BCUT2D eigenvalue weighted by molar-refractivity contribution is -0.154. The maximum Gasteiger partial charge on any atom is 0.404 e. The fraction of sp³-hybridized carbons (Fsp3) is 0.417. The number of benzene rings is 1. The molecule has 1 unspecified atom stereocenters. The molecular formula is C12H14F3N3. The Morgan fingerprint density at radius 1 is 1.33 bits per heavy atom. The second-order valence-electron chi connectivity index (χ2n) is 4.17. The molecule has 0 saturated carbocycles. The predicted molar refractivity (Wildman–Crippen MR) is 63.3 cm³/mol. The molecule has 2 aromatic rings. The van der Waals surface area contributed by atoms with Crippen molar-refractivity contribution in [2.45, 2.75) is 18.6 Å². The van der Waals surface area contributed by atoms with E-state index in [1.807, 2.05) is 12.1 Å². The largest absolute Gasteiger partial charge is 0.404 e. The van der Waals surface area contributed by atoms with E-state index >= 15 is 0 Å². The van der Waals surface area contributed by atoms with Crippen LogP contribution < -0.4 is 5.32 Å². The summed E-state index contributed by atoms with van der Waals surface area (Å²) in [4.78, 5) is 0. The third-order valence-corrected chi connectivity index (χ3v) is 2.98. The highest BCUT2D eigenvalue weighted by molar-refractivity contribution is 5.81. The van der Waals surface area contributed by atoms with Crippen molar-refractivity contribution in [1.82, 2.24) is 15.1 Å². The fourth-order valence-electron chi connectivity index (χ4n) is 2.01. The van der Waals surface area contributed by atoms with Crippen molar-refractivity contribution in [3.05, 3.63) is 30.0 Å². The smallest absolute Gasteiger partial charge is 0.309 e. The number of halogens is 3. The van der Waals surface area contributed by atoms with Crippen LogP contribution in [0.1, 0.15) is 5.69 Å². The van der Waals surface area contributed by atoms with E-state index < -0.39 is 12.2 Å². The Kier molecular flexibility index (Phi) is 3.30. The second-order valence-corrected chi connectivity index (χ2v) is 4.17. The molecule has 1 atom stereocenters. The van der Waals surface area contributed by atoms with Gasteiger partial charge >= 0.3 is 6.18 Å². The molecule has 0 radical (unpaired) electrons. The summed E-state index contributed by atoms with van der Waals surface area (Å²) in [5.41, 5.74) is 1.30. The van der Waals surface area contributed by atoms with Gasteiger partial charge in [-0.2, -0.15) is 18.3 Å². The van der Waals surface area contributed by atoms with Crippen LogP contribution in [0.15, 0.2) is 24.3 Å². The third-order valence-electron chi connectivity index (χ3n) is 2.98. The molecule has 0 aliphatic heterocycles. The van der Waals surface area contributed by atoms with Crippen molar-refractivity contribution in [3.8, 4) is 0 Å². The topological polar surface area (TPSA) is 29.9 Å². The molecule has 2 rings (SSSR count). The molecule has 18 heavy (non-hydrogen) atoms. The zero-order valence-electron chi connectivity index (χ0n) is 10.1. The van der Waals surface area contributed by atoms with Gasteiger partial charge in [-0.25, -0.2) is 0 Å². The van der Waals surface area contributed by atoms with Gasteiger partial charge in [-0.15, -0.1) is 0 Å². The van der Waals surface area contributed by atoms with Gasteiger partial charge in [-0.3, -0.25) is 4.68 Å². The van der Waals surface area contributed by atoms with E-state index in [1.54, 1.807) is 23.9 Å². The quantitative estimate of drug-likeness (QED) is 0.914. The summed E-state index contributed by atoms with van der Waals surface area (Å²) < 4.78 is 39.8. The Hall–Kier alpha value is -1.56. The normalized spacial score (nSPS) is 14.1. The number of alkyl halides is 3. The maximum absolute atomic E-state index is 12.7. The van der Waals surface area contributed by atoms with E-state index in [2.05, 4.69) is 10.4 Å². The summed E-state index contributed by atoms with van der Waals surface area (Å²) in [6, 6.07) is 5.70. The number of nitrogens with one attached hydrogen (secondary N) is 1. The van der Waals surface area contributed by atoms with Crippen LogP contribution in [-0.2, 0) is 13.5 Å². The van der Waals surface area contributed by atoms with Crippen LogP contribution in [0.2, 0.25) is 0 Å². The average Bonchev–Trinajstić information content (AvgIpc) is 2.62. The molecule has 0 amide bonds. The molecule has 0 fully saturated rings. The minimum atomic E-state index is -4.27. The summed E-state index contributed by atoms with van der Waals surface area (Å²) >= 11 is 0. The lowest BCUT2D eigenvalue weighted by Crippen LogP contribution is -2.41. The molecule has 0 aliphatic rings. The SMILES string of the molecule is CNC(Cc1nn(C)c2ccccc12)C(F)(F)F. The third kappa shape index (κ3) is 2.33. The lowest BCUT2D eigenvalue weighted by atomic mass is 10.1. The van der Waals surface area contributed by atoms with Gasteiger partial charge in [0, 0.05) is 18.9 Å². The average molecular weight is 257 g/mol. The predicted octanol–water partition coefficient (Wildman–Crippen LogP) is 2.27. The lowest BCUT2D eigenvalue weighted by Gasteiger charge is -2.18. The van der Waals surface area contributed by atoms with Gasteiger partial charge in [0.15, 0.2) is 0 Å². The fourth-order valence-corrected chi connectivity index (χ4v) is 2.01.